The molecule has 1 aliphatic heterocycles. The van der Waals surface area contributed by atoms with Crippen LogP contribution < -0.4 is 5.32 Å². The summed E-state index contributed by atoms with van der Waals surface area (Å²) in [6.07, 6.45) is 1.95. The van der Waals surface area contributed by atoms with Gasteiger partial charge in [0.05, 0.1) is 6.54 Å². The second-order valence-corrected chi connectivity index (χ2v) is 4.15. The van der Waals surface area contributed by atoms with E-state index >= 15 is 0 Å². The van der Waals surface area contributed by atoms with E-state index in [2.05, 4.69) is 15.0 Å². The highest BCUT2D eigenvalue weighted by Gasteiger charge is 2.20. The summed E-state index contributed by atoms with van der Waals surface area (Å²) < 4.78 is 4.45. The molecular weight excluding hydrogens is 254 g/mol. The number of aromatic carboxylic acids is 1. The minimum Gasteiger partial charge on any atom is -0.475 e. The van der Waals surface area contributed by atoms with E-state index < -0.39 is 17.6 Å². The normalized spacial score (nSPS) is 14.4. The van der Waals surface area contributed by atoms with E-state index in [4.69, 9.17) is 5.11 Å². The van der Waals surface area contributed by atoms with Gasteiger partial charge < -0.3 is 19.8 Å². The zero-order valence-electron chi connectivity index (χ0n) is 10.1. The molecule has 1 aromatic rings. The van der Waals surface area contributed by atoms with Crippen LogP contribution in [0.15, 0.2) is 10.6 Å². The molecule has 0 aromatic carbocycles. The summed E-state index contributed by atoms with van der Waals surface area (Å²) in [5.41, 5.74) is -0.161. The van der Waals surface area contributed by atoms with Crippen molar-refractivity contribution >= 4 is 17.8 Å². The second kappa shape index (κ2) is 5.51. The van der Waals surface area contributed by atoms with Gasteiger partial charge in [-0.1, -0.05) is 5.16 Å². The Labute approximate surface area is 108 Å². The Bertz CT molecular complexity index is 504. The van der Waals surface area contributed by atoms with Crippen molar-refractivity contribution in [2.24, 2.45) is 0 Å². The summed E-state index contributed by atoms with van der Waals surface area (Å²) in [5.74, 6) is -2.52. The Morgan fingerprint density at radius 3 is 2.63 bits per heavy atom. The zero-order chi connectivity index (χ0) is 13.8. The van der Waals surface area contributed by atoms with Gasteiger partial charge >= 0.3 is 5.97 Å². The molecule has 0 bridgehead atoms. The lowest BCUT2D eigenvalue weighted by Crippen LogP contribution is -2.38. The van der Waals surface area contributed by atoms with Crippen molar-refractivity contribution in [2.75, 3.05) is 19.6 Å². The first-order valence-corrected chi connectivity index (χ1v) is 5.84. The predicted molar refractivity (Wildman–Crippen MR) is 61.6 cm³/mol. The van der Waals surface area contributed by atoms with Gasteiger partial charge in [0, 0.05) is 19.2 Å². The van der Waals surface area contributed by atoms with E-state index in [1.807, 2.05) is 0 Å². The molecule has 0 radical (unpaired) electrons. The van der Waals surface area contributed by atoms with Gasteiger partial charge in [-0.3, -0.25) is 9.59 Å². The molecule has 2 heterocycles. The van der Waals surface area contributed by atoms with Crippen molar-refractivity contribution < 1.29 is 24.0 Å². The maximum atomic E-state index is 11.7. The lowest BCUT2D eigenvalue weighted by Gasteiger charge is -2.14. The maximum Gasteiger partial charge on any atom is 0.374 e. The number of carbonyl (C=O) groups excluding carboxylic acids is 2. The third-order valence-corrected chi connectivity index (χ3v) is 2.81. The van der Waals surface area contributed by atoms with Gasteiger partial charge in [-0.15, -0.1) is 0 Å². The number of carboxylic acids is 1. The quantitative estimate of drug-likeness (QED) is 0.776. The monoisotopic (exact) mass is 267 g/mol. The van der Waals surface area contributed by atoms with E-state index in [0.29, 0.717) is 13.1 Å². The lowest BCUT2D eigenvalue weighted by atomic mass is 10.3. The summed E-state index contributed by atoms with van der Waals surface area (Å²) in [4.78, 5) is 35.5. The molecule has 0 unspecified atom stereocenters. The first-order valence-electron chi connectivity index (χ1n) is 5.84. The molecule has 2 rings (SSSR count). The summed E-state index contributed by atoms with van der Waals surface area (Å²) in [6.45, 7) is 1.29. The van der Waals surface area contributed by atoms with Crippen LogP contribution in [0, 0.1) is 0 Å². The molecule has 8 nitrogen and oxygen atoms in total. The lowest BCUT2D eigenvalue weighted by molar-refractivity contribution is -0.129. The fourth-order valence-electron chi connectivity index (χ4n) is 1.81. The van der Waals surface area contributed by atoms with Crippen molar-refractivity contribution in [3.63, 3.8) is 0 Å². The average Bonchev–Trinajstić information content (AvgIpc) is 3.05. The SMILES string of the molecule is O=C(NCC(=O)N1CCCC1)c1cc(C(=O)O)on1. The molecule has 0 atom stereocenters. The van der Waals surface area contributed by atoms with Gasteiger partial charge in [-0.05, 0) is 12.8 Å². The molecule has 1 aromatic heterocycles. The van der Waals surface area contributed by atoms with E-state index in [-0.39, 0.29) is 18.1 Å². The minimum atomic E-state index is -1.31. The summed E-state index contributed by atoms with van der Waals surface area (Å²) in [7, 11) is 0. The Morgan fingerprint density at radius 2 is 2.05 bits per heavy atom. The summed E-state index contributed by atoms with van der Waals surface area (Å²) in [6, 6.07) is 1.01. The van der Waals surface area contributed by atoms with Crippen molar-refractivity contribution in [3.05, 3.63) is 17.5 Å². The molecule has 2 amide bonds. The number of aromatic nitrogens is 1. The number of hydrogen-bond acceptors (Lipinski definition) is 5. The Balaban J connectivity index is 1.86. The topological polar surface area (TPSA) is 113 Å². The van der Waals surface area contributed by atoms with E-state index in [1.165, 1.54) is 0 Å². The van der Waals surface area contributed by atoms with Crippen molar-refractivity contribution in [3.8, 4) is 0 Å². The molecule has 0 saturated carbocycles. The highest BCUT2D eigenvalue weighted by atomic mass is 16.5. The van der Waals surface area contributed by atoms with Crippen LogP contribution >= 0.6 is 0 Å². The number of rotatable bonds is 4. The maximum absolute atomic E-state index is 11.7. The zero-order valence-corrected chi connectivity index (χ0v) is 10.1. The highest BCUT2D eigenvalue weighted by Crippen LogP contribution is 2.07. The number of carboxylic acid groups (broad SMARTS) is 1. The van der Waals surface area contributed by atoms with Crippen LogP contribution in [-0.2, 0) is 4.79 Å². The van der Waals surface area contributed by atoms with Gasteiger partial charge in [-0.2, -0.15) is 0 Å². The minimum absolute atomic E-state index is 0.131. The second-order valence-electron chi connectivity index (χ2n) is 4.15. The molecule has 102 valence electrons. The van der Waals surface area contributed by atoms with Crippen molar-refractivity contribution in [1.82, 2.24) is 15.4 Å². The molecule has 0 spiro atoms. The number of hydrogen-bond donors (Lipinski definition) is 2. The molecule has 1 aliphatic rings. The standard InChI is InChI=1S/C11H13N3O5/c15-9(14-3-1-2-4-14)6-12-10(16)7-5-8(11(17)18)19-13-7/h5H,1-4,6H2,(H,12,16)(H,17,18). The van der Waals surface area contributed by atoms with Gasteiger partial charge in [0.1, 0.15) is 0 Å². The van der Waals surface area contributed by atoms with Crippen LogP contribution in [0.4, 0.5) is 0 Å². The van der Waals surface area contributed by atoms with Crippen LogP contribution in [0.2, 0.25) is 0 Å². The molecule has 1 saturated heterocycles. The fraction of sp³-hybridized carbons (Fsp3) is 0.455. The smallest absolute Gasteiger partial charge is 0.374 e. The van der Waals surface area contributed by atoms with E-state index in [1.54, 1.807) is 4.90 Å². The Morgan fingerprint density at radius 1 is 1.37 bits per heavy atom. The highest BCUT2D eigenvalue weighted by molar-refractivity contribution is 5.96. The Kier molecular flexibility index (Phi) is 3.79. The number of nitrogens with zero attached hydrogens (tertiary/aromatic N) is 2. The van der Waals surface area contributed by atoms with Crippen LogP contribution in [0.1, 0.15) is 33.9 Å². The predicted octanol–water partition coefficient (Wildman–Crippen LogP) is -0.275. The van der Waals surface area contributed by atoms with E-state index in [0.717, 1.165) is 18.9 Å². The fourth-order valence-corrected chi connectivity index (χ4v) is 1.81. The van der Waals surface area contributed by atoms with E-state index in [9.17, 15) is 14.4 Å². The largest absolute Gasteiger partial charge is 0.475 e. The van der Waals surface area contributed by atoms with Crippen LogP contribution in [0.3, 0.4) is 0 Å². The first-order chi connectivity index (χ1) is 9.08. The third-order valence-electron chi connectivity index (χ3n) is 2.81. The van der Waals surface area contributed by atoms with Crippen LogP contribution in [0.25, 0.3) is 0 Å². The third kappa shape index (κ3) is 3.09. The van der Waals surface area contributed by atoms with Gasteiger partial charge in [0.15, 0.2) is 5.69 Å². The average molecular weight is 267 g/mol. The number of carbonyl (C=O) groups is 3. The summed E-state index contributed by atoms with van der Waals surface area (Å²) >= 11 is 0. The van der Waals surface area contributed by atoms with Crippen LogP contribution in [-0.4, -0.2) is 52.6 Å². The first kappa shape index (κ1) is 13.1. The molecule has 19 heavy (non-hydrogen) atoms. The van der Waals surface area contributed by atoms with Crippen molar-refractivity contribution in [1.29, 1.82) is 0 Å². The summed E-state index contributed by atoms with van der Waals surface area (Å²) in [5, 5.41) is 14.3. The molecule has 2 N–H and O–H groups in total. The van der Waals surface area contributed by atoms with Gasteiger partial charge in [-0.25, -0.2) is 4.79 Å². The number of nitrogens with one attached hydrogen (secondary N) is 1. The molecule has 0 aliphatic carbocycles. The number of amides is 2. The molecule has 1 fully saturated rings. The Hall–Kier alpha value is -2.38. The van der Waals surface area contributed by atoms with Crippen molar-refractivity contribution in [2.45, 2.75) is 12.8 Å². The van der Waals surface area contributed by atoms with Gasteiger partial charge in [0.2, 0.25) is 11.7 Å². The van der Waals surface area contributed by atoms with Crippen LogP contribution in [0.5, 0.6) is 0 Å². The number of likely N-dealkylation sites (tertiary alicyclic amines) is 1. The molecular formula is C11H13N3O5. The molecule has 8 heteroatoms. The van der Waals surface area contributed by atoms with Gasteiger partial charge in [0.25, 0.3) is 5.91 Å².